The number of nitrogens with one attached hydrogen (secondary N) is 1. The number of aryl methyl sites for hydroxylation is 1. The molecule has 0 saturated carbocycles. The molecule has 1 amide bonds. The fraction of sp³-hybridized carbons (Fsp3) is 0.615. The molecule has 1 atom stereocenters. The molecule has 2 rings (SSSR count). The van der Waals surface area contributed by atoms with Gasteiger partial charge >= 0.3 is 0 Å². The number of hydrogen-bond acceptors (Lipinski definition) is 5. The number of ether oxygens (including phenoxy) is 1. The Morgan fingerprint density at radius 3 is 2.95 bits per heavy atom. The quantitative estimate of drug-likeness (QED) is 0.864. The number of hydrogen-bond donors (Lipinski definition) is 1. The van der Waals surface area contributed by atoms with E-state index in [1.807, 2.05) is 32.0 Å². The molecule has 0 radical (unpaired) electrons. The molecule has 6 heteroatoms. The van der Waals surface area contributed by atoms with Gasteiger partial charge in [-0.2, -0.15) is 0 Å². The second-order valence-corrected chi connectivity index (χ2v) is 4.90. The van der Waals surface area contributed by atoms with Gasteiger partial charge in [-0.15, -0.1) is 0 Å². The highest BCUT2D eigenvalue weighted by molar-refractivity contribution is 5.80. The molecule has 1 aromatic rings. The molecule has 0 spiro atoms. The van der Waals surface area contributed by atoms with E-state index in [1.165, 1.54) is 0 Å². The van der Waals surface area contributed by atoms with Crippen LogP contribution in [0, 0.1) is 6.92 Å². The Bertz CT molecular complexity index is 456. The first kappa shape index (κ1) is 13.7. The zero-order valence-corrected chi connectivity index (χ0v) is 11.6. The summed E-state index contributed by atoms with van der Waals surface area (Å²) in [6, 6.07) is 1.91. The largest absolute Gasteiger partial charge is 0.368 e. The van der Waals surface area contributed by atoms with Gasteiger partial charge in [-0.1, -0.05) is 0 Å². The monoisotopic (exact) mass is 264 g/mol. The third-order valence-electron chi connectivity index (χ3n) is 2.99. The number of carbonyl (C=O) groups is 1. The summed E-state index contributed by atoms with van der Waals surface area (Å²) >= 11 is 0. The van der Waals surface area contributed by atoms with Gasteiger partial charge in [-0.05, 0) is 19.8 Å². The summed E-state index contributed by atoms with van der Waals surface area (Å²) < 4.78 is 5.33. The summed E-state index contributed by atoms with van der Waals surface area (Å²) in [5.41, 5.74) is 0.889. The Morgan fingerprint density at radius 2 is 2.32 bits per heavy atom. The molecule has 1 fully saturated rings. The van der Waals surface area contributed by atoms with Gasteiger partial charge in [0.1, 0.15) is 17.7 Å². The first-order valence-corrected chi connectivity index (χ1v) is 6.47. The number of carbonyl (C=O) groups excluding carboxylic acids is 1. The summed E-state index contributed by atoms with van der Waals surface area (Å²) in [7, 11) is 3.85. The maximum absolute atomic E-state index is 11.8. The van der Waals surface area contributed by atoms with Crippen LogP contribution in [0.1, 0.15) is 24.4 Å². The Balaban J connectivity index is 1.97. The molecule has 6 nitrogen and oxygen atoms in total. The average molecular weight is 264 g/mol. The maximum Gasteiger partial charge on any atom is 0.249 e. The zero-order chi connectivity index (χ0) is 13.8. The van der Waals surface area contributed by atoms with Gasteiger partial charge in [-0.3, -0.25) is 4.79 Å². The molecule has 1 N–H and O–H groups in total. The Labute approximate surface area is 113 Å². The van der Waals surface area contributed by atoms with Gasteiger partial charge in [0.25, 0.3) is 0 Å². The lowest BCUT2D eigenvalue weighted by atomic mass is 10.2. The minimum absolute atomic E-state index is 0.0750. The fourth-order valence-electron chi connectivity index (χ4n) is 1.98. The average Bonchev–Trinajstić information content (AvgIpc) is 2.89. The van der Waals surface area contributed by atoms with E-state index in [4.69, 9.17) is 4.74 Å². The number of nitrogens with zero attached hydrogens (tertiary/aromatic N) is 3. The van der Waals surface area contributed by atoms with E-state index < -0.39 is 0 Å². The van der Waals surface area contributed by atoms with Crippen LogP contribution >= 0.6 is 0 Å². The minimum atomic E-state index is -0.307. The van der Waals surface area contributed by atoms with Gasteiger partial charge in [0.2, 0.25) is 5.91 Å². The Kier molecular flexibility index (Phi) is 4.31. The van der Waals surface area contributed by atoms with E-state index in [9.17, 15) is 4.79 Å². The highest BCUT2D eigenvalue weighted by atomic mass is 16.5. The van der Waals surface area contributed by atoms with Crippen LogP contribution in [0.25, 0.3) is 0 Å². The zero-order valence-electron chi connectivity index (χ0n) is 11.6. The Morgan fingerprint density at radius 1 is 1.53 bits per heavy atom. The van der Waals surface area contributed by atoms with E-state index in [0.717, 1.165) is 24.4 Å². The third kappa shape index (κ3) is 3.64. The van der Waals surface area contributed by atoms with Crippen LogP contribution in [0.2, 0.25) is 0 Å². The second-order valence-electron chi connectivity index (χ2n) is 4.90. The van der Waals surface area contributed by atoms with Crippen molar-refractivity contribution in [3.63, 3.8) is 0 Å². The lowest BCUT2D eigenvalue weighted by Gasteiger charge is -2.14. The van der Waals surface area contributed by atoms with Crippen molar-refractivity contribution >= 4 is 11.7 Å². The van der Waals surface area contributed by atoms with Crippen LogP contribution in [0.4, 0.5) is 5.82 Å². The predicted molar refractivity (Wildman–Crippen MR) is 71.9 cm³/mol. The van der Waals surface area contributed by atoms with Crippen LogP contribution in [0.15, 0.2) is 6.07 Å². The van der Waals surface area contributed by atoms with Crippen LogP contribution in [-0.2, 0) is 16.1 Å². The highest BCUT2D eigenvalue weighted by Crippen LogP contribution is 2.12. The lowest BCUT2D eigenvalue weighted by Crippen LogP contribution is -2.34. The van der Waals surface area contributed by atoms with Crippen molar-refractivity contribution in [1.82, 2.24) is 15.3 Å². The number of rotatable bonds is 4. The van der Waals surface area contributed by atoms with Crippen molar-refractivity contribution in [1.29, 1.82) is 0 Å². The molecule has 1 aromatic heterocycles. The van der Waals surface area contributed by atoms with E-state index in [1.54, 1.807) is 0 Å². The topological polar surface area (TPSA) is 67.4 Å². The number of aromatic nitrogens is 2. The van der Waals surface area contributed by atoms with Crippen LogP contribution in [0.5, 0.6) is 0 Å². The standard InChI is InChI=1S/C13H20N4O2/c1-9-7-12(17(2)3)16-11(15-9)8-14-13(18)10-5-4-6-19-10/h7,10H,4-6,8H2,1-3H3,(H,14,18). The summed E-state index contributed by atoms with van der Waals surface area (Å²) in [6.07, 6.45) is 1.44. The van der Waals surface area contributed by atoms with Crippen molar-refractivity contribution in [3.8, 4) is 0 Å². The third-order valence-corrected chi connectivity index (χ3v) is 2.99. The lowest BCUT2D eigenvalue weighted by molar-refractivity contribution is -0.130. The van der Waals surface area contributed by atoms with Crippen LogP contribution < -0.4 is 10.2 Å². The van der Waals surface area contributed by atoms with Gasteiger partial charge in [-0.25, -0.2) is 9.97 Å². The first-order valence-electron chi connectivity index (χ1n) is 6.47. The van der Waals surface area contributed by atoms with Gasteiger partial charge in [0, 0.05) is 32.5 Å². The molecule has 1 saturated heterocycles. The van der Waals surface area contributed by atoms with Crippen molar-refractivity contribution in [2.45, 2.75) is 32.4 Å². The SMILES string of the molecule is Cc1cc(N(C)C)nc(CNC(=O)C2CCCO2)n1. The fourth-order valence-corrected chi connectivity index (χ4v) is 1.98. The summed E-state index contributed by atoms with van der Waals surface area (Å²) in [4.78, 5) is 22.4. The van der Waals surface area contributed by atoms with Crippen molar-refractivity contribution in [2.24, 2.45) is 0 Å². The van der Waals surface area contributed by atoms with Crippen molar-refractivity contribution < 1.29 is 9.53 Å². The predicted octanol–water partition coefficient (Wildman–Crippen LogP) is 0.646. The van der Waals surface area contributed by atoms with Gasteiger partial charge in [0.15, 0.2) is 0 Å². The maximum atomic E-state index is 11.8. The molecule has 2 heterocycles. The van der Waals surface area contributed by atoms with Crippen LogP contribution in [0.3, 0.4) is 0 Å². The molecule has 1 unspecified atom stereocenters. The minimum Gasteiger partial charge on any atom is -0.368 e. The first-order chi connectivity index (χ1) is 9.06. The van der Waals surface area contributed by atoms with Gasteiger partial charge < -0.3 is 15.0 Å². The van der Waals surface area contributed by atoms with Crippen molar-refractivity contribution in [2.75, 3.05) is 25.6 Å². The summed E-state index contributed by atoms with van der Waals surface area (Å²) in [5, 5.41) is 2.83. The van der Waals surface area contributed by atoms with E-state index in [-0.39, 0.29) is 12.0 Å². The van der Waals surface area contributed by atoms with E-state index in [0.29, 0.717) is 19.0 Å². The molecule has 0 aromatic carbocycles. The molecular formula is C13H20N4O2. The summed E-state index contributed by atoms with van der Waals surface area (Å²) in [5.74, 6) is 1.39. The molecule has 0 aliphatic carbocycles. The molecule has 1 aliphatic heterocycles. The molecular weight excluding hydrogens is 244 g/mol. The number of anilines is 1. The molecule has 19 heavy (non-hydrogen) atoms. The molecule has 104 valence electrons. The normalized spacial score (nSPS) is 18.4. The number of amides is 1. The summed E-state index contributed by atoms with van der Waals surface area (Å²) in [6.45, 7) is 2.92. The van der Waals surface area contributed by atoms with Gasteiger partial charge in [0.05, 0.1) is 6.54 Å². The van der Waals surface area contributed by atoms with Crippen molar-refractivity contribution in [3.05, 3.63) is 17.6 Å². The van der Waals surface area contributed by atoms with Crippen LogP contribution in [-0.4, -0.2) is 42.7 Å². The second kappa shape index (κ2) is 5.97. The van der Waals surface area contributed by atoms with E-state index >= 15 is 0 Å². The Hall–Kier alpha value is -1.69. The molecule has 0 bridgehead atoms. The smallest absolute Gasteiger partial charge is 0.249 e. The highest BCUT2D eigenvalue weighted by Gasteiger charge is 2.23. The molecule has 1 aliphatic rings. The van der Waals surface area contributed by atoms with E-state index in [2.05, 4.69) is 15.3 Å².